The van der Waals surface area contributed by atoms with Crippen LogP contribution in [0, 0.1) is 5.82 Å². The Morgan fingerprint density at radius 3 is 2.48 bits per heavy atom. The van der Waals surface area contributed by atoms with E-state index in [-0.39, 0.29) is 30.3 Å². The second-order valence-electron chi connectivity index (χ2n) is 6.78. The first kappa shape index (κ1) is 19.9. The lowest BCUT2D eigenvalue weighted by Crippen LogP contribution is -2.50. The zero-order valence-corrected chi connectivity index (χ0v) is 15.6. The number of nitrogens with one attached hydrogen (secondary N) is 1. The van der Waals surface area contributed by atoms with Crippen LogP contribution < -0.4 is 5.32 Å². The van der Waals surface area contributed by atoms with Crippen molar-refractivity contribution < 1.29 is 23.0 Å². The highest BCUT2D eigenvalue weighted by atomic mass is 32.2. The maximum atomic E-state index is 12.9. The molecule has 1 fully saturated rings. The minimum absolute atomic E-state index is 0.0518. The normalized spacial score (nSPS) is 23.6. The topological polar surface area (TPSA) is 89.9 Å². The summed E-state index contributed by atoms with van der Waals surface area (Å²) in [5, 5.41) is 24.0. The number of halogens is 1. The monoisotopic (exact) mass is 394 g/mol. The van der Waals surface area contributed by atoms with Gasteiger partial charge >= 0.3 is 0 Å². The number of hydrogen-bond donors (Lipinski definition) is 3. The van der Waals surface area contributed by atoms with Gasteiger partial charge in [0.15, 0.2) is 0 Å². The molecule has 3 rings (SSSR count). The quantitative estimate of drug-likeness (QED) is 0.603. The first-order chi connectivity index (χ1) is 12.8. The standard InChI is InChI=1S/C19H23FN2O4S/c20-16-8-6-15(7-9-16)10-11-21-13-19(24)14-22(12-18(19)23)27(25,26)17-4-2-1-3-5-17/h1-9,18,21,23-24H,10-14H2/t18-,19+/m1/s1. The van der Waals surface area contributed by atoms with E-state index in [0.29, 0.717) is 13.0 Å². The van der Waals surface area contributed by atoms with Gasteiger partial charge in [0.25, 0.3) is 0 Å². The Morgan fingerprint density at radius 2 is 1.81 bits per heavy atom. The van der Waals surface area contributed by atoms with E-state index >= 15 is 0 Å². The summed E-state index contributed by atoms with van der Waals surface area (Å²) >= 11 is 0. The zero-order chi connectivity index (χ0) is 19.5. The molecule has 1 aliphatic rings. The van der Waals surface area contributed by atoms with Gasteiger partial charge in [-0.2, -0.15) is 4.31 Å². The smallest absolute Gasteiger partial charge is 0.243 e. The van der Waals surface area contributed by atoms with Crippen molar-refractivity contribution in [2.24, 2.45) is 0 Å². The molecule has 0 spiro atoms. The number of aliphatic hydroxyl groups is 2. The lowest BCUT2D eigenvalue weighted by Gasteiger charge is -2.26. The minimum atomic E-state index is -3.77. The number of nitrogens with zero attached hydrogens (tertiary/aromatic N) is 1. The molecule has 0 saturated carbocycles. The molecule has 2 atom stereocenters. The molecular weight excluding hydrogens is 371 g/mol. The molecule has 6 nitrogen and oxygen atoms in total. The molecule has 0 aromatic heterocycles. The predicted octanol–water partition coefficient (Wildman–Crippen LogP) is 0.754. The third-order valence-electron chi connectivity index (χ3n) is 4.76. The van der Waals surface area contributed by atoms with Crippen LogP contribution in [0.4, 0.5) is 4.39 Å². The van der Waals surface area contributed by atoms with Crippen LogP contribution in [0.2, 0.25) is 0 Å². The van der Waals surface area contributed by atoms with Gasteiger partial charge in [0, 0.05) is 19.6 Å². The Morgan fingerprint density at radius 1 is 1.15 bits per heavy atom. The van der Waals surface area contributed by atoms with Gasteiger partial charge in [0.05, 0.1) is 11.0 Å². The Balaban J connectivity index is 1.57. The van der Waals surface area contributed by atoms with Crippen LogP contribution in [0.15, 0.2) is 59.5 Å². The Bertz CT molecular complexity index is 861. The zero-order valence-electron chi connectivity index (χ0n) is 14.8. The molecule has 146 valence electrons. The largest absolute Gasteiger partial charge is 0.389 e. The van der Waals surface area contributed by atoms with Crippen molar-refractivity contribution in [2.45, 2.75) is 23.0 Å². The van der Waals surface area contributed by atoms with Crippen molar-refractivity contribution in [3.8, 4) is 0 Å². The van der Waals surface area contributed by atoms with Crippen LogP contribution in [0.25, 0.3) is 0 Å². The summed E-state index contributed by atoms with van der Waals surface area (Å²) in [4.78, 5) is 0.130. The lowest BCUT2D eigenvalue weighted by molar-refractivity contribution is -0.0380. The van der Waals surface area contributed by atoms with E-state index in [0.717, 1.165) is 9.87 Å². The summed E-state index contributed by atoms with van der Waals surface area (Å²) in [6.07, 6.45) is -0.562. The van der Waals surface area contributed by atoms with E-state index in [9.17, 15) is 23.0 Å². The molecule has 0 amide bonds. The summed E-state index contributed by atoms with van der Waals surface area (Å²) in [6.45, 7) is 0.213. The number of sulfonamides is 1. The van der Waals surface area contributed by atoms with E-state index < -0.39 is 21.7 Å². The maximum absolute atomic E-state index is 12.9. The van der Waals surface area contributed by atoms with Crippen molar-refractivity contribution >= 4 is 10.0 Å². The van der Waals surface area contributed by atoms with Gasteiger partial charge in [0.1, 0.15) is 11.4 Å². The summed E-state index contributed by atoms with van der Waals surface area (Å²) < 4.78 is 39.3. The van der Waals surface area contributed by atoms with Crippen molar-refractivity contribution in [1.82, 2.24) is 9.62 Å². The van der Waals surface area contributed by atoms with Crippen LogP contribution in [-0.2, 0) is 16.4 Å². The fraction of sp³-hybridized carbons (Fsp3) is 0.368. The third kappa shape index (κ3) is 4.53. The van der Waals surface area contributed by atoms with Crippen molar-refractivity contribution in [1.29, 1.82) is 0 Å². The van der Waals surface area contributed by atoms with Gasteiger partial charge in [-0.25, -0.2) is 12.8 Å². The summed E-state index contributed by atoms with van der Waals surface area (Å²) in [5.74, 6) is -0.296. The second kappa shape index (κ2) is 8.04. The minimum Gasteiger partial charge on any atom is -0.389 e. The average molecular weight is 394 g/mol. The van der Waals surface area contributed by atoms with Crippen LogP contribution in [0.3, 0.4) is 0 Å². The lowest BCUT2D eigenvalue weighted by atomic mass is 10.0. The molecule has 1 heterocycles. The fourth-order valence-electron chi connectivity index (χ4n) is 3.13. The molecule has 0 aliphatic carbocycles. The Hall–Kier alpha value is -1.84. The molecule has 1 aliphatic heterocycles. The van der Waals surface area contributed by atoms with Crippen molar-refractivity contribution in [3.05, 3.63) is 66.0 Å². The van der Waals surface area contributed by atoms with E-state index in [1.165, 1.54) is 24.3 Å². The molecule has 3 N–H and O–H groups in total. The van der Waals surface area contributed by atoms with E-state index in [4.69, 9.17) is 0 Å². The molecule has 27 heavy (non-hydrogen) atoms. The van der Waals surface area contributed by atoms with Crippen molar-refractivity contribution in [3.63, 3.8) is 0 Å². The highest BCUT2D eigenvalue weighted by Crippen LogP contribution is 2.27. The molecule has 2 aromatic carbocycles. The molecule has 2 aromatic rings. The SMILES string of the molecule is O=S(=O)(c1ccccc1)N1C[C@@H](O)[C@](O)(CNCCc2ccc(F)cc2)C1. The third-order valence-corrected chi connectivity index (χ3v) is 6.59. The Labute approximate surface area is 158 Å². The first-order valence-electron chi connectivity index (χ1n) is 8.72. The van der Waals surface area contributed by atoms with E-state index in [2.05, 4.69) is 5.32 Å². The summed E-state index contributed by atoms with van der Waals surface area (Å²) in [5.41, 5.74) is -0.624. The number of hydrogen-bond acceptors (Lipinski definition) is 5. The average Bonchev–Trinajstić information content (AvgIpc) is 2.97. The van der Waals surface area contributed by atoms with Crippen LogP contribution in [-0.4, -0.2) is 60.8 Å². The number of benzene rings is 2. The molecule has 0 unspecified atom stereocenters. The highest BCUT2D eigenvalue weighted by molar-refractivity contribution is 7.89. The summed E-state index contributed by atoms with van der Waals surface area (Å²) in [7, 11) is -3.77. The molecule has 1 saturated heterocycles. The fourth-order valence-corrected chi connectivity index (χ4v) is 4.66. The van der Waals surface area contributed by atoms with Gasteiger partial charge in [-0.3, -0.25) is 0 Å². The number of rotatable bonds is 7. The van der Waals surface area contributed by atoms with E-state index in [1.54, 1.807) is 30.3 Å². The number of β-amino-alcohol motifs (C(OH)–C–C–N with tert-alkyl or cyclic N) is 2. The maximum Gasteiger partial charge on any atom is 0.243 e. The first-order valence-corrected chi connectivity index (χ1v) is 10.2. The van der Waals surface area contributed by atoms with Gasteiger partial charge < -0.3 is 15.5 Å². The predicted molar refractivity (Wildman–Crippen MR) is 99.1 cm³/mol. The highest BCUT2D eigenvalue weighted by Gasteiger charge is 2.48. The van der Waals surface area contributed by atoms with Crippen molar-refractivity contribution in [2.75, 3.05) is 26.2 Å². The molecule has 0 bridgehead atoms. The Kier molecular flexibility index (Phi) is 5.92. The molecule has 8 heteroatoms. The summed E-state index contributed by atoms with van der Waals surface area (Å²) in [6, 6.07) is 14.1. The van der Waals surface area contributed by atoms with Crippen LogP contribution in [0.5, 0.6) is 0 Å². The van der Waals surface area contributed by atoms with Gasteiger partial charge in [-0.1, -0.05) is 30.3 Å². The molecule has 0 radical (unpaired) electrons. The molecular formula is C19H23FN2O4S. The van der Waals surface area contributed by atoms with Crippen LogP contribution in [0.1, 0.15) is 5.56 Å². The van der Waals surface area contributed by atoms with Gasteiger partial charge in [0.2, 0.25) is 10.0 Å². The van der Waals surface area contributed by atoms with Gasteiger partial charge in [-0.15, -0.1) is 0 Å². The van der Waals surface area contributed by atoms with Crippen LogP contribution >= 0.6 is 0 Å². The van der Waals surface area contributed by atoms with E-state index in [1.807, 2.05) is 0 Å². The number of aliphatic hydroxyl groups excluding tert-OH is 1. The van der Waals surface area contributed by atoms with Gasteiger partial charge in [-0.05, 0) is 42.8 Å². The second-order valence-corrected chi connectivity index (χ2v) is 8.72.